The van der Waals surface area contributed by atoms with E-state index < -0.39 is 15.9 Å². The number of hydrogen-bond donors (Lipinski definition) is 2. The van der Waals surface area contributed by atoms with Crippen LogP contribution < -0.4 is 10.9 Å². The number of aromatic nitrogens is 1. The van der Waals surface area contributed by atoms with E-state index in [0.29, 0.717) is 29.7 Å². The molecular weight excluding hydrogens is 402 g/mol. The summed E-state index contributed by atoms with van der Waals surface area (Å²) in [5.74, 6) is -0.430. The molecule has 7 nitrogen and oxygen atoms in total. The number of carbonyl (C=O) groups is 1. The molecule has 3 aromatic rings. The Morgan fingerprint density at radius 2 is 1.60 bits per heavy atom. The van der Waals surface area contributed by atoms with Crippen LogP contribution in [-0.4, -0.2) is 36.7 Å². The summed E-state index contributed by atoms with van der Waals surface area (Å²) in [5, 5.41) is 3.38. The molecule has 4 rings (SSSR count). The van der Waals surface area contributed by atoms with Gasteiger partial charge in [0.2, 0.25) is 15.6 Å². The van der Waals surface area contributed by atoms with Crippen LogP contribution in [0.5, 0.6) is 0 Å². The number of amides is 1. The fourth-order valence-corrected chi connectivity index (χ4v) is 5.25. The zero-order chi connectivity index (χ0) is 21.1. The van der Waals surface area contributed by atoms with Crippen molar-refractivity contribution in [1.29, 1.82) is 0 Å². The minimum atomic E-state index is -3.54. The van der Waals surface area contributed by atoms with E-state index in [-0.39, 0.29) is 16.0 Å². The summed E-state index contributed by atoms with van der Waals surface area (Å²) in [6.07, 6.45) is 3.84. The minimum Gasteiger partial charge on any atom is -0.322 e. The van der Waals surface area contributed by atoms with Gasteiger partial charge in [-0.2, -0.15) is 4.31 Å². The maximum atomic E-state index is 12.9. The molecule has 0 bridgehead atoms. The topological polar surface area (TPSA) is 99.3 Å². The van der Waals surface area contributed by atoms with Crippen molar-refractivity contribution in [3.8, 4) is 0 Å². The van der Waals surface area contributed by atoms with Gasteiger partial charge in [-0.25, -0.2) is 8.42 Å². The van der Waals surface area contributed by atoms with Crippen LogP contribution in [0.3, 0.4) is 0 Å². The Morgan fingerprint density at radius 1 is 0.933 bits per heavy atom. The number of rotatable bonds is 4. The van der Waals surface area contributed by atoms with E-state index in [1.54, 1.807) is 36.4 Å². The van der Waals surface area contributed by atoms with E-state index >= 15 is 0 Å². The zero-order valence-electron chi connectivity index (χ0n) is 16.4. The van der Waals surface area contributed by atoms with Crippen LogP contribution in [0.25, 0.3) is 10.9 Å². The number of sulfonamides is 1. The molecule has 0 spiro atoms. The number of H-pyrrole nitrogens is 1. The number of nitrogens with one attached hydrogen (secondary N) is 2. The smallest absolute Gasteiger partial charge is 0.256 e. The molecule has 0 saturated carbocycles. The van der Waals surface area contributed by atoms with Crippen molar-refractivity contribution in [2.75, 3.05) is 18.4 Å². The van der Waals surface area contributed by atoms with Crippen LogP contribution in [0.2, 0.25) is 0 Å². The maximum Gasteiger partial charge on any atom is 0.256 e. The molecule has 0 unspecified atom stereocenters. The lowest BCUT2D eigenvalue weighted by Gasteiger charge is -2.20. The lowest BCUT2D eigenvalue weighted by molar-refractivity contribution is 0.102. The normalized spacial score (nSPS) is 15.6. The van der Waals surface area contributed by atoms with Gasteiger partial charge in [0, 0.05) is 35.7 Å². The number of carbonyl (C=O) groups excluding carboxylic acids is 1. The monoisotopic (exact) mass is 425 g/mol. The average molecular weight is 426 g/mol. The van der Waals surface area contributed by atoms with Gasteiger partial charge in [0.15, 0.2) is 0 Å². The van der Waals surface area contributed by atoms with E-state index in [4.69, 9.17) is 0 Å². The first-order chi connectivity index (χ1) is 14.4. The average Bonchev–Trinajstić information content (AvgIpc) is 3.03. The molecule has 0 aliphatic carbocycles. The van der Waals surface area contributed by atoms with Gasteiger partial charge in [-0.3, -0.25) is 9.59 Å². The van der Waals surface area contributed by atoms with E-state index in [1.165, 1.54) is 22.5 Å². The summed E-state index contributed by atoms with van der Waals surface area (Å²) in [7, 11) is -3.54. The van der Waals surface area contributed by atoms with Gasteiger partial charge >= 0.3 is 0 Å². The van der Waals surface area contributed by atoms with Crippen LogP contribution in [0, 0.1) is 0 Å². The van der Waals surface area contributed by atoms with Crippen molar-refractivity contribution in [2.24, 2.45) is 0 Å². The van der Waals surface area contributed by atoms with Crippen molar-refractivity contribution < 1.29 is 13.2 Å². The molecule has 1 aromatic heterocycles. The molecule has 2 N–H and O–H groups in total. The van der Waals surface area contributed by atoms with E-state index in [9.17, 15) is 18.0 Å². The predicted octanol–water partition coefficient (Wildman–Crippen LogP) is 3.35. The molecule has 0 radical (unpaired) electrons. The molecule has 156 valence electrons. The first-order valence-corrected chi connectivity index (χ1v) is 11.4. The summed E-state index contributed by atoms with van der Waals surface area (Å²) in [5.41, 5.74) is 0.932. The highest BCUT2D eigenvalue weighted by Crippen LogP contribution is 2.22. The van der Waals surface area contributed by atoms with Gasteiger partial charge in [0.05, 0.1) is 10.5 Å². The first kappa shape index (κ1) is 20.3. The third-order valence-corrected chi connectivity index (χ3v) is 7.22. The number of hydrogen-bond acceptors (Lipinski definition) is 4. The maximum absolute atomic E-state index is 12.9. The molecule has 1 aliphatic rings. The van der Waals surface area contributed by atoms with Crippen molar-refractivity contribution in [2.45, 2.75) is 30.6 Å². The molecular formula is C22H23N3O4S. The fourth-order valence-electron chi connectivity index (χ4n) is 3.73. The van der Waals surface area contributed by atoms with Gasteiger partial charge < -0.3 is 10.3 Å². The van der Waals surface area contributed by atoms with Crippen molar-refractivity contribution >= 4 is 32.5 Å². The third-order valence-electron chi connectivity index (χ3n) is 5.31. The second-order valence-corrected chi connectivity index (χ2v) is 9.33. The first-order valence-electron chi connectivity index (χ1n) is 9.99. The van der Waals surface area contributed by atoms with E-state index in [0.717, 1.165) is 25.7 Å². The van der Waals surface area contributed by atoms with Gasteiger partial charge in [0.1, 0.15) is 0 Å². The van der Waals surface area contributed by atoms with E-state index in [1.807, 2.05) is 0 Å². The van der Waals surface area contributed by atoms with Gasteiger partial charge in [0.25, 0.3) is 5.91 Å². The molecule has 2 aromatic carbocycles. The van der Waals surface area contributed by atoms with Crippen LogP contribution >= 0.6 is 0 Å². The highest BCUT2D eigenvalue weighted by molar-refractivity contribution is 7.89. The predicted molar refractivity (Wildman–Crippen MR) is 116 cm³/mol. The Hall–Kier alpha value is -2.97. The molecule has 8 heteroatoms. The summed E-state index contributed by atoms with van der Waals surface area (Å²) in [6.45, 7) is 1.08. The molecule has 1 amide bonds. The van der Waals surface area contributed by atoms with Crippen LogP contribution in [0.4, 0.5) is 5.69 Å². The Labute approximate surface area is 174 Å². The second-order valence-electron chi connectivity index (χ2n) is 7.39. The van der Waals surface area contributed by atoms with Crippen molar-refractivity contribution in [1.82, 2.24) is 9.29 Å². The lowest BCUT2D eigenvalue weighted by Crippen LogP contribution is -2.31. The number of para-hydroxylation sites is 1. The Morgan fingerprint density at radius 3 is 2.30 bits per heavy atom. The minimum absolute atomic E-state index is 0.212. The van der Waals surface area contributed by atoms with Gasteiger partial charge in [-0.15, -0.1) is 0 Å². The molecule has 2 heterocycles. The van der Waals surface area contributed by atoms with Gasteiger partial charge in [-0.1, -0.05) is 31.0 Å². The SMILES string of the molecule is O=C(Nc1ccc(S(=O)(=O)N2CCCCCC2)cc1)c1cc(=O)[nH]c2ccccc12. The standard InChI is InChI=1S/C22H23N3O4S/c26-21-15-19(18-7-3-4-8-20(18)24-21)22(27)23-16-9-11-17(12-10-16)30(28,29)25-13-5-1-2-6-14-25/h3-4,7-12,15H,1-2,5-6,13-14H2,(H,23,27)(H,24,26). The van der Waals surface area contributed by atoms with Crippen LogP contribution in [0.1, 0.15) is 36.0 Å². The number of nitrogens with zero attached hydrogens (tertiary/aromatic N) is 1. The molecule has 0 atom stereocenters. The second kappa shape index (κ2) is 8.41. The van der Waals surface area contributed by atoms with Crippen LogP contribution in [0.15, 0.2) is 64.3 Å². The van der Waals surface area contributed by atoms with Crippen molar-refractivity contribution in [3.05, 3.63) is 70.5 Å². The highest BCUT2D eigenvalue weighted by atomic mass is 32.2. The summed E-state index contributed by atoms with van der Waals surface area (Å²) in [4.78, 5) is 27.6. The Kier molecular flexibility index (Phi) is 5.69. The Bertz CT molecular complexity index is 1230. The molecule has 1 saturated heterocycles. The highest BCUT2D eigenvalue weighted by Gasteiger charge is 2.25. The zero-order valence-corrected chi connectivity index (χ0v) is 17.2. The lowest BCUT2D eigenvalue weighted by atomic mass is 10.1. The summed E-state index contributed by atoms with van der Waals surface area (Å²) < 4.78 is 27.3. The quantitative estimate of drug-likeness (QED) is 0.670. The molecule has 30 heavy (non-hydrogen) atoms. The Balaban J connectivity index is 1.55. The number of aromatic amines is 1. The number of anilines is 1. The van der Waals surface area contributed by atoms with Crippen LogP contribution in [-0.2, 0) is 10.0 Å². The van der Waals surface area contributed by atoms with E-state index in [2.05, 4.69) is 10.3 Å². The molecule has 1 aliphatic heterocycles. The molecule has 1 fully saturated rings. The summed E-state index contributed by atoms with van der Waals surface area (Å²) >= 11 is 0. The largest absolute Gasteiger partial charge is 0.322 e. The van der Waals surface area contributed by atoms with Crippen molar-refractivity contribution in [3.63, 3.8) is 0 Å². The fraction of sp³-hybridized carbons (Fsp3) is 0.273. The van der Waals surface area contributed by atoms with Gasteiger partial charge in [-0.05, 0) is 43.2 Å². The number of fused-ring (bicyclic) bond motifs is 1. The number of benzene rings is 2. The number of pyridine rings is 1. The summed E-state index contributed by atoms with van der Waals surface area (Å²) in [6, 6.07) is 14.5. The third kappa shape index (κ3) is 4.15.